The molecule has 9 heteroatoms. The Balaban J connectivity index is 1.73. The van der Waals surface area contributed by atoms with E-state index in [1.807, 2.05) is 52.8 Å². The monoisotopic (exact) mass is 568 g/mol. The van der Waals surface area contributed by atoms with Gasteiger partial charge in [0.1, 0.15) is 11.4 Å². The molecular weight excluding hydrogens is 532 g/mol. The Hall–Kier alpha value is -3.52. The molecule has 4 rings (SSSR count). The van der Waals surface area contributed by atoms with Crippen molar-refractivity contribution >= 4 is 34.6 Å². The fourth-order valence-electron chi connectivity index (χ4n) is 5.32. The van der Waals surface area contributed by atoms with Crippen LogP contribution in [-0.2, 0) is 16.0 Å². The number of aliphatic carboxylic acids is 1. The van der Waals surface area contributed by atoms with E-state index in [9.17, 15) is 19.5 Å². The number of H-pyrrole nitrogens is 1. The van der Waals surface area contributed by atoms with E-state index >= 15 is 0 Å². The maximum absolute atomic E-state index is 13.4. The van der Waals surface area contributed by atoms with Crippen LogP contribution in [0, 0.1) is 13.8 Å². The number of carbonyl (C=O) groups excluding carboxylic acids is 1. The van der Waals surface area contributed by atoms with Gasteiger partial charge >= 0.3 is 12.1 Å². The predicted octanol–water partition coefficient (Wildman–Crippen LogP) is 6.65. The lowest BCUT2D eigenvalue weighted by Gasteiger charge is -2.36. The van der Waals surface area contributed by atoms with Crippen LogP contribution in [-0.4, -0.2) is 51.8 Å². The molecule has 1 aliphatic heterocycles. The van der Waals surface area contributed by atoms with E-state index in [0.717, 1.165) is 30.4 Å². The quantitative estimate of drug-likeness (QED) is 0.330. The second-order valence-electron chi connectivity index (χ2n) is 11.6. The normalized spacial score (nSPS) is 15.8. The first-order chi connectivity index (χ1) is 18.8. The summed E-state index contributed by atoms with van der Waals surface area (Å²) in [5.41, 5.74) is 3.04. The number of carboxylic acid groups (broad SMARTS) is 1. The maximum Gasteiger partial charge on any atom is 0.410 e. The molecule has 1 atom stereocenters. The molecule has 1 fully saturated rings. The summed E-state index contributed by atoms with van der Waals surface area (Å²) in [4.78, 5) is 42.5. The molecule has 1 unspecified atom stereocenters. The smallest absolute Gasteiger partial charge is 0.410 e. The van der Waals surface area contributed by atoms with Crippen molar-refractivity contribution in [2.45, 2.75) is 78.4 Å². The summed E-state index contributed by atoms with van der Waals surface area (Å²) in [6.07, 6.45) is 2.71. The van der Waals surface area contributed by atoms with E-state index in [-0.39, 0.29) is 35.7 Å². The number of halogens is 1. The average molecular weight is 569 g/mol. The van der Waals surface area contributed by atoms with Gasteiger partial charge in [-0.1, -0.05) is 40.9 Å². The number of carbonyl (C=O) groups is 2. The minimum atomic E-state index is -1.01. The number of fused-ring (bicyclic) bond motifs is 1. The molecular formula is C31H37ClN2O6. The highest BCUT2D eigenvalue weighted by atomic mass is 35.5. The Bertz CT molecular complexity index is 1470. The highest BCUT2D eigenvalue weighted by Gasteiger charge is 2.30. The number of hydrogen-bond acceptors (Lipinski definition) is 5. The number of aryl methyl sites for hydroxylation is 2. The Morgan fingerprint density at radius 2 is 1.80 bits per heavy atom. The van der Waals surface area contributed by atoms with Gasteiger partial charge < -0.3 is 24.5 Å². The summed E-state index contributed by atoms with van der Waals surface area (Å²) in [6, 6.07) is 9.07. The minimum Gasteiger partial charge on any atom is -0.492 e. The summed E-state index contributed by atoms with van der Waals surface area (Å²) in [5, 5.41) is 10.2. The van der Waals surface area contributed by atoms with Crippen molar-refractivity contribution in [1.29, 1.82) is 0 Å². The van der Waals surface area contributed by atoms with Gasteiger partial charge in [-0.15, -0.1) is 0 Å². The number of amides is 1. The van der Waals surface area contributed by atoms with E-state index in [1.165, 1.54) is 0 Å². The van der Waals surface area contributed by atoms with Crippen LogP contribution in [0.1, 0.15) is 63.1 Å². The zero-order chi connectivity index (χ0) is 29.2. The number of hydrogen-bond donors (Lipinski definition) is 2. The molecule has 2 heterocycles. The van der Waals surface area contributed by atoms with E-state index in [1.54, 1.807) is 17.0 Å². The number of nitrogens with zero attached hydrogens (tertiary/aromatic N) is 1. The molecule has 1 aromatic heterocycles. The third-order valence-corrected chi connectivity index (χ3v) is 7.29. The molecule has 0 aliphatic carbocycles. The first-order valence-corrected chi connectivity index (χ1v) is 14.0. The zero-order valence-electron chi connectivity index (χ0n) is 23.7. The van der Waals surface area contributed by atoms with Gasteiger partial charge in [-0.3, -0.25) is 9.59 Å². The third kappa shape index (κ3) is 6.97. The number of aromatic amines is 1. The van der Waals surface area contributed by atoms with Gasteiger partial charge in [0.15, 0.2) is 0 Å². The van der Waals surface area contributed by atoms with E-state index < -0.39 is 11.6 Å². The van der Waals surface area contributed by atoms with Crippen molar-refractivity contribution in [1.82, 2.24) is 9.88 Å². The number of benzene rings is 2. The fraction of sp³-hybridized carbons (Fsp3) is 0.452. The lowest BCUT2D eigenvalue weighted by atomic mass is 9.98. The minimum absolute atomic E-state index is 0.0569. The molecule has 2 N–H and O–H groups in total. The van der Waals surface area contributed by atoms with Gasteiger partial charge in [-0.2, -0.15) is 0 Å². The van der Waals surface area contributed by atoms with Crippen LogP contribution in [0.5, 0.6) is 5.75 Å². The molecule has 8 nitrogen and oxygen atoms in total. The molecule has 1 aliphatic rings. The third-order valence-electron chi connectivity index (χ3n) is 6.94. The van der Waals surface area contributed by atoms with Gasteiger partial charge in [0.2, 0.25) is 0 Å². The first-order valence-electron chi connectivity index (χ1n) is 13.6. The number of aromatic nitrogens is 1. The van der Waals surface area contributed by atoms with Crippen molar-refractivity contribution in [2.75, 3.05) is 13.2 Å². The highest BCUT2D eigenvalue weighted by Crippen LogP contribution is 2.37. The molecule has 0 saturated carbocycles. The number of pyridine rings is 1. The van der Waals surface area contributed by atoms with Crippen molar-refractivity contribution in [2.24, 2.45) is 0 Å². The summed E-state index contributed by atoms with van der Waals surface area (Å²) in [7, 11) is 0. The van der Waals surface area contributed by atoms with Crippen molar-refractivity contribution in [3.63, 3.8) is 0 Å². The first kappa shape index (κ1) is 29.5. The van der Waals surface area contributed by atoms with E-state index in [2.05, 4.69) is 4.98 Å². The number of likely N-dealkylation sites (tertiary alicyclic amines) is 1. The number of carboxylic acids is 1. The van der Waals surface area contributed by atoms with Crippen LogP contribution in [0.4, 0.5) is 4.79 Å². The Morgan fingerprint density at radius 1 is 1.10 bits per heavy atom. The van der Waals surface area contributed by atoms with Crippen LogP contribution >= 0.6 is 11.6 Å². The number of piperidine rings is 1. The molecule has 0 bridgehead atoms. The van der Waals surface area contributed by atoms with Crippen LogP contribution in [0.15, 0.2) is 35.1 Å². The van der Waals surface area contributed by atoms with Crippen LogP contribution in [0.2, 0.25) is 5.02 Å². The van der Waals surface area contributed by atoms with Crippen LogP contribution in [0.3, 0.4) is 0 Å². The number of nitrogens with one attached hydrogen (secondary N) is 1. The van der Waals surface area contributed by atoms with Gasteiger partial charge in [0, 0.05) is 29.4 Å². The summed E-state index contributed by atoms with van der Waals surface area (Å²) in [6.45, 7) is 10.4. The maximum atomic E-state index is 13.4. The van der Waals surface area contributed by atoms with Crippen molar-refractivity contribution in [3.05, 3.63) is 62.4 Å². The van der Waals surface area contributed by atoms with Crippen molar-refractivity contribution < 1.29 is 24.2 Å². The largest absolute Gasteiger partial charge is 0.492 e. The van der Waals surface area contributed by atoms with Crippen molar-refractivity contribution in [3.8, 4) is 16.9 Å². The second-order valence-corrected chi connectivity index (χ2v) is 12.0. The molecule has 1 saturated heterocycles. The Labute approximate surface area is 239 Å². The molecule has 3 aromatic rings. The Kier molecular flexibility index (Phi) is 8.78. The lowest BCUT2D eigenvalue weighted by molar-refractivity contribution is -0.136. The zero-order valence-corrected chi connectivity index (χ0v) is 24.5. The van der Waals surface area contributed by atoms with E-state index in [4.69, 9.17) is 21.1 Å². The molecule has 2 aromatic carbocycles. The summed E-state index contributed by atoms with van der Waals surface area (Å²) in [5.74, 6) is -0.645. The van der Waals surface area contributed by atoms with Gasteiger partial charge in [-0.25, -0.2) is 4.79 Å². The predicted molar refractivity (Wildman–Crippen MR) is 157 cm³/mol. The fourth-order valence-corrected chi connectivity index (χ4v) is 5.55. The second kappa shape index (κ2) is 11.9. The van der Waals surface area contributed by atoms with Gasteiger partial charge in [0.25, 0.3) is 5.56 Å². The lowest BCUT2D eigenvalue weighted by Crippen LogP contribution is -2.46. The highest BCUT2D eigenvalue weighted by molar-refractivity contribution is 6.32. The number of rotatable bonds is 7. The molecule has 1 amide bonds. The standard InChI is InChI=1S/C31H37ClN2O6/c1-18-12-19(2)14-21(13-18)27-28(23-15-20(16-26(35)36)24(32)17-25(23)33-29(27)37)39-11-9-22-8-6-7-10-34(22)30(38)40-31(3,4)5/h12-15,17,22H,6-11,16H2,1-5H3,(H,33,37)(H,35,36). The topological polar surface area (TPSA) is 109 Å². The molecule has 0 radical (unpaired) electrons. The van der Waals surface area contributed by atoms with Crippen LogP contribution in [0.25, 0.3) is 22.0 Å². The SMILES string of the molecule is Cc1cc(C)cc(-c2c(OCCC3CCCCN3C(=O)OC(C)(C)C)c3cc(CC(=O)O)c(Cl)cc3[nH]c2=O)c1. The molecule has 214 valence electrons. The Morgan fingerprint density at radius 3 is 2.45 bits per heavy atom. The number of ether oxygens (including phenoxy) is 2. The summed E-state index contributed by atoms with van der Waals surface area (Å²) < 4.78 is 12.0. The summed E-state index contributed by atoms with van der Waals surface area (Å²) >= 11 is 6.37. The molecule has 0 spiro atoms. The van der Waals surface area contributed by atoms with Gasteiger partial charge in [0.05, 0.1) is 24.1 Å². The van der Waals surface area contributed by atoms with Gasteiger partial charge in [-0.05, 0) is 77.1 Å². The van der Waals surface area contributed by atoms with E-state index in [0.29, 0.717) is 46.3 Å². The van der Waals surface area contributed by atoms with Crippen LogP contribution < -0.4 is 10.3 Å². The molecule has 40 heavy (non-hydrogen) atoms. The average Bonchev–Trinajstić information content (AvgIpc) is 2.83.